The summed E-state index contributed by atoms with van der Waals surface area (Å²) in [5.74, 6) is 0.691. The highest BCUT2D eigenvalue weighted by molar-refractivity contribution is 5.83. The molecule has 4 heteroatoms. The second-order valence-corrected chi connectivity index (χ2v) is 5.51. The summed E-state index contributed by atoms with van der Waals surface area (Å²) in [6.07, 6.45) is 1.78. The lowest BCUT2D eigenvalue weighted by molar-refractivity contribution is -0.121. The number of carbonyl (C=O) groups is 1. The fraction of sp³-hybridized carbons (Fsp3) is 0.211. The minimum absolute atomic E-state index is 0.0961. The summed E-state index contributed by atoms with van der Waals surface area (Å²) in [7, 11) is 0. The van der Waals surface area contributed by atoms with E-state index in [2.05, 4.69) is 5.32 Å². The Balaban J connectivity index is 1.53. The number of nitrogens with one attached hydrogen (secondary N) is 1. The van der Waals surface area contributed by atoms with Crippen LogP contribution in [0.25, 0.3) is 10.8 Å². The zero-order chi connectivity index (χ0) is 16.1. The molecule has 3 aromatic rings. The standard InChI is InChI=1S/C19H19NO3/c21-18(13-20-19(22)10-9-17-6-3-11-23-17)16-8-7-14-4-1-2-5-15(14)12-16/h1-8,11-12,18,21H,9-10,13H2,(H,20,22). The van der Waals surface area contributed by atoms with Crippen LogP contribution < -0.4 is 5.32 Å². The van der Waals surface area contributed by atoms with Crippen LogP contribution in [-0.2, 0) is 11.2 Å². The summed E-state index contributed by atoms with van der Waals surface area (Å²) in [5.41, 5.74) is 0.801. The van der Waals surface area contributed by atoms with E-state index < -0.39 is 6.10 Å². The van der Waals surface area contributed by atoms with Gasteiger partial charge in [-0.05, 0) is 34.5 Å². The van der Waals surface area contributed by atoms with Crippen LogP contribution in [0, 0.1) is 0 Å². The fourth-order valence-corrected chi connectivity index (χ4v) is 2.52. The van der Waals surface area contributed by atoms with Crippen molar-refractivity contribution in [2.75, 3.05) is 6.54 Å². The van der Waals surface area contributed by atoms with Gasteiger partial charge >= 0.3 is 0 Å². The molecule has 3 rings (SSSR count). The molecule has 1 heterocycles. The Morgan fingerprint density at radius 2 is 1.91 bits per heavy atom. The molecule has 1 unspecified atom stereocenters. The number of aliphatic hydroxyl groups is 1. The maximum atomic E-state index is 11.8. The van der Waals surface area contributed by atoms with E-state index in [9.17, 15) is 9.90 Å². The number of aliphatic hydroxyl groups excluding tert-OH is 1. The van der Waals surface area contributed by atoms with E-state index >= 15 is 0 Å². The van der Waals surface area contributed by atoms with Gasteiger partial charge in [-0.15, -0.1) is 0 Å². The smallest absolute Gasteiger partial charge is 0.220 e. The van der Waals surface area contributed by atoms with Crippen LogP contribution in [0.15, 0.2) is 65.3 Å². The normalized spacial score (nSPS) is 12.2. The van der Waals surface area contributed by atoms with Gasteiger partial charge in [0.15, 0.2) is 0 Å². The third kappa shape index (κ3) is 3.99. The molecule has 2 N–H and O–H groups in total. The predicted molar refractivity (Wildman–Crippen MR) is 88.9 cm³/mol. The third-order valence-corrected chi connectivity index (χ3v) is 3.83. The lowest BCUT2D eigenvalue weighted by Gasteiger charge is -2.13. The second-order valence-electron chi connectivity index (χ2n) is 5.51. The first-order valence-electron chi connectivity index (χ1n) is 7.68. The van der Waals surface area contributed by atoms with E-state index in [1.165, 1.54) is 0 Å². The Morgan fingerprint density at radius 3 is 2.70 bits per heavy atom. The first kappa shape index (κ1) is 15.3. The van der Waals surface area contributed by atoms with Crippen molar-refractivity contribution >= 4 is 16.7 Å². The summed E-state index contributed by atoms with van der Waals surface area (Å²) in [6.45, 7) is 0.204. The van der Waals surface area contributed by atoms with Crippen molar-refractivity contribution in [3.8, 4) is 0 Å². The van der Waals surface area contributed by atoms with Crippen molar-refractivity contribution in [1.82, 2.24) is 5.32 Å². The predicted octanol–water partition coefficient (Wildman–Crippen LogP) is 3.22. The summed E-state index contributed by atoms with van der Waals surface area (Å²) >= 11 is 0. The fourth-order valence-electron chi connectivity index (χ4n) is 2.52. The Morgan fingerprint density at radius 1 is 1.09 bits per heavy atom. The summed E-state index contributed by atoms with van der Waals surface area (Å²) in [6, 6.07) is 17.5. The van der Waals surface area contributed by atoms with Crippen LogP contribution in [0.4, 0.5) is 0 Å². The van der Waals surface area contributed by atoms with E-state index in [0.29, 0.717) is 12.8 Å². The van der Waals surface area contributed by atoms with Crippen LogP contribution in [0.2, 0.25) is 0 Å². The third-order valence-electron chi connectivity index (χ3n) is 3.83. The van der Waals surface area contributed by atoms with Gasteiger partial charge in [-0.2, -0.15) is 0 Å². The maximum absolute atomic E-state index is 11.8. The number of hydrogen-bond donors (Lipinski definition) is 2. The van der Waals surface area contributed by atoms with Gasteiger partial charge in [0.05, 0.1) is 12.4 Å². The molecule has 1 atom stereocenters. The molecule has 0 radical (unpaired) electrons. The number of carbonyl (C=O) groups excluding carboxylic acids is 1. The molecule has 0 aliphatic heterocycles. The minimum atomic E-state index is -0.716. The van der Waals surface area contributed by atoms with E-state index in [1.807, 2.05) is 48.5 Å². The topological polar surface area (TPSA) is 62.5 Å². The van der Waals surface area contributed by atoms with E-state index in [-0.39, 0.29) is 12.5 Å². The van der Waals surface area contributed by atoms with Crippen molar-refractivity contribution in [3.05, 3.63) is 72.2 Å². The highest BCUT2D eigenvalue weighted by atomic mass is 16.3. The first-order chi connectivity index (χ1) is 11.2. The van der Waals surface area contributed by atoms with Crippen LogP contribution in [0.3, 0.4) is 0 Å². The zero-order valence-corrected chi connectivity index (χ0v) is 12.7. The van der Waals surface area contributed by atoms with E-state index in [1.54, 1.807) is 12.3 Å². The molecule has 118 valence electrons. The molecule has 0 aliphatic rings. The van der Waals surface area contributed by atoms with E-state index in [0.717, 1.165) is 22.1 Å². The van der Waals surface area contributed by atoms with Crippen LogP contribution in [-0.4, -0.2) is 17.6 Å². The molecule has 0 bridgehead atoms. The van der Waals surface area contributed by atoms with Gasteiger partial charge in [-0.3, -0.25) is 4.79 Å². The Kier molecular flexibility index (Phi) is 4.74. The summed E-state index contributed by atoms with van der Waals surface area (Å²) in [4.78, 5) is 11.8. The van der Waals surface area contributed by atoms with Gasteiger partial charge < -0.3 is 14.8 Å². The SMILES string of the molecule is O=C(CCc1ccco1)NCC(O)c1ccc2ccccc2c1. The van der Waals surface area contributed by atoms with Crippen molar-refractivity contribution < 1.29 is 14.3 Å². The zero-order valence-electron chi connectivity index (χ0n) is 12.7. The number of fused-ring (bicyclic) bond motifs is 1. The molecular weight excluding hydrogens is 290 g/mol. The Labute approximate surface area is 134 Å². The molecule has 2 aromatic carbocycles. The number of amides is 1. The maximum Gasteiger partial charge on any atom is 0.220 e. The molecule has 4 nitrogen and oxygen atoms in total. The molecule has 0 saturated heterocycles. The van der Waals surface area contributed by atoms with Gasteiger partial charge in [0, 0.05) is 19.4 Å². The van der Waals surface area contributed by atoms with Gasteiger partial charge in [-0.25, -0.2) is 0 Å². The van der Waals surface area contributed by atoms with Crippen molar-refractivity contribution in [1.29, 1.82) is 0 Å². The average molecular weight is 309 g/mol. The molecular formula is C19H19NO3. The number of rotatable bonds is 6. The molecule has 0 saturated carbocycles. The molecule has 1 aromatic heterocycles. The highest BCUT2D eigenvalue weighted by Gasteiger charge is 2.10. The van der Waals surface area contributed by atoms with Crippen molar-refractivity contribution in [3.63, 3.8) is 0 Å². The highest BCUT2D eigenvalue weighted by Crippen LogP contribution is 2.20. The van der Waals surface area contributed by atoms with Gasteiger partial charge in [0.2, 0.25) is 5.91 Å². The first-order valence-corrected chi connectivity index (χ1v) is 7.68. The molecule has 0 spiro atoms. The van der Waals surface area contributed by atoms with Gasteiger partial charge in [0.1, 0.15) is 5.76 Å². The molecule has 0 fully saturated rings. The Bertz CT molecular complexity index is 780. The quantitative estimate of drug-likeness (QED) is 0.735. The summed E-state index contributed by atoms with van der Waals surface area (Å²) in [5, 5.41) is 15.2. The second kappa shape index (κ2) is 7.11. The number of aryl methyl sites for hydroxylation is 1. The average Bonchev–Trinajstić information content (AvgIpc) is 3.11. The van der Waals surface area contributed by atoms with E-state index in [4.69, 9.17) is 4.42 Å². The number of hydrogen-bond acceptors (Lipinski definition) is 3. The summed E-state index contributed by atoms with van der Waals surface area (Å²) < 4.78 is 5.19. The number of furan rings is 1. The lowest BCUT2D eigenvalue weighted by Crippen LogP contribution is -2.28. The van der Waals surface area contributed by atoms with Gasteiger partial charge in [0.25, 0.3) is 0 Å². The minimum Gasteiger partial charge on any atom is -0.469 e. The number of benzene rings is 2. The van der Waals surface area contributed by atoms with Crippen molar-refractivity contribution in [2.24, 2.45) is 0 Å². The lowest BCUT2D eigenvalue weighted by atomic mass is 10.0. The van der Waals surface area contributed by atoms with Crippen LogP contribution >= 0.6 is 0 Å². The van der Waals surface area contributed by atoms with Gasteiger partial charge in [-0.1, -0.05) is 36.4 Å². The van der Waals surface area contributed by atoms with Crippen LogP contribution in [0.1, 0.15) is 23.8 Å². The molecule has 0 aliphatic carbocycles. The van der Waals surface area contributed by atoms with Crippen LogP contribution in [0.5, 0.6) is 0 Å². The largest absolute Gasteiger partial charge is 0.469 e. The molecule has 23 heavy (non-hydrogen) atoms. The molecule has 1 amide bonds. The Hall–Kier alpha value is -2.59. The van der Waals surface area contributed by atoms with Crippen molar-refractivity contribution in [2.45, 2.75) is 18.9 Å². The monoisotopic (exact) mass is 309 g/mol.